The molecule has 0 fully saturated rings. The first kappa shape index (κ1) is 25.5. The Bertz CT molecular complexity index is 1290. The number of para-hydroxylation sites is 3. The van der Waals surface area contributed by atoms with E-state index in [1.165, 1.54) is 16.6 Å². The van der Waals surface area contributed by atoms with E-state index >= 15 is 0 Å². The third-order valence-electron chi connectivity index (χ3n) is 6.68. The van der Waals surface area contributed by atoms with Gasteiger partial charge in [-0.1, -0.05) is 54.6 Å². The van der Waals surface area contributed by atoms with Crippen molar-refractivity contribution < 1.29 is 9.53 Å². The number of imidazole rings is 1. The van der Waals surface area contributed by atoms with E-state index in [-0.39, 0.29) is 5.91 Å². The Labute approximate surface area is 214 Å². The van der Waals surface area contributed by atoms with E-state index in [0.717, 1.165) is 60.4 Å². The summed E-state index contributed by atoms with van der Waals surface area (Å²) < 4.78 is 8.43. The Kier molecular flexibility index (Phi) is 8.77. The molecule has 0 bridgehead atoms. The van der Waals surface area contributed by atoms with Crippen LogP contribution in [0.3, 0.4) is 0 Å². The van der Waals surface area contributed by atoms with Crippen LogP contribution in [0.5, 0.6) is 5.75 Å². The third kappa shape index (κ3) is 6.54. The number of unbranched alkanes of at least 4 members (excludes halogenated alkanes) is 1. The predicted octanol–water partition coefficient (Wildman–Crippen LogP) is 6.11. The van der Waals surface area contributed by atoms with Gasteiger partial charge in [-0.15, -0.1) is 0 Å². The summed E-state index contributed by atoms with van der Waals surface area (Å²) in [6.07, 6.45) is 4.12. The van der Waals surface area contributed by atoms with Gasteiger partial charge in [0.2, 0.25) is 5.91 Å². The molecule has 5 heteroatoms. The molecule has 1 amide bonds. The zero-order valence-corrected chi connectivity index (χ0v) is 21.7. The lowest BCUT2D eigenvalue weighted by Crippen LogP contribution is -2.26. The lowest BCUT2D eigenvalue weighted by atomic mass is 10.1. The zero-order chi connectivity index (χ0) is 25.3. The Morgan fingerprint density at radius 1 is 0.861 bits per heavy atom. The van der Waals surface area contributed by atoms with E-state index in [2.05, 4.69) is 60.1 Å². The van der Waals surface area contributed by atoms with Gasteiger partial charge in [0, 0.05) is 19.5 Å². The molecule has 4 aromatic rings. The lowest BCUT2D eigenvalue weighted by molar-refractivity contribution is -0.120. The van der Waals surface area contributed by atoms with Crippen molar-refractivity contribution in [3.05, 3.63) is 94.8 Å². The number of benzene rings is 3. The number of aryl methyl sites for hydroxylation is 5. The maximum absolute atomic E-state index is 12.4. The molecular weight excluding hydrogens is 446 g/mol. The summed E-state index contributed by atoms with van der Waals surface area (Å²) in [6.45, 7) is 8.50. The maximum atomic E-state index is 12.4. The van der Waals surface area contributed by atoms with Crippen LogP contribution in [0.15, 0.2) is 66.7 Å². The quantitative estimate of drug-likeness (QED) is 0.247. The summed E-state index contributed by atoms with van der Waals surface area (Å²) in [5, 5.41) is 3.07. The summed E-state index contributed by atoms with van der Waals surface area (Å²) in [4.78, 5) is 17.3. The normalized spacial score (nSPS) is 11.1. The van der Waals surface area contributed by atoms with Crippen molar-refractivity contribution in [2.75, 3.05) is 13.2 Å². The maximum Gasteiger partial charge on any atom is 0.224 e. The lowest BCUT2D eigenvalue weighted by Gasteiger charge is -2.13. The Balaban J connectivity index is 1.28. The number of nitrogens with zero attached hydrogens (tertiary/aromatic N) is 2. The molecular formula is C31H37N3O2. The number of carbonyl (C=O) groups is 1. The molecule has 0 spiro atoms. The van der Waals surface area contributed by atoms with Crippen LogP contribution in [-0.2, 0) is 24.2 Å². The van der Waals surface area contributed by atoms with Gasteiger partial charge in [0.15, 0.2) is 0 Å². The SMILES string of the molecule is Cc1ccccc1CC(=O)NCCCc1nc2ccccc2n1CCCCOc1c(C)cccc1C. The summed E-state index contributed by atoms with van der Waals surface area (Å²) in [5.41, 5.74) is 6.81. The predicted molar refractivity (Wildman–Crippen MR) is 147 cm³/mol. The van der Waals surface area contributed by atoms with Gasteiger partial charge in [0.05, 0.1) is 24.1 Å². The second-order valence-corrected chi connectivity index (χ2v) is 9.50. The number of amides is 1. The molecule has 0 aliphatic heterocycles. The molecule has 4 rings (SSSR count). The largest absolute Gasteiger partial charge is 0.493 e. The van der Waals surface area contributed by atoms with Crippen molar-refractivity contribution in [1.29, 1.82) is 0 Å². The molecule has 0 atom stereocenters. The fourth-order valence-corrected chi connectivity index (χ4v) is 4.66. The van der Waals surface area contributed by atoms with Crippen LogP contribution >= 0.6 is 0 Å². The minimum atomic E-state index is 0.0710. The van der Waals surface area contributed by atoms with E-state index in [9.17, 15) is 4.79 Å². The second-order valence-electron chi connectivity index (χ2n) is 9.50. The van der Waals surface area contributed by atoms with Crippen molar-refractivity contribution in [2.24, 2.45) is 0 Å². The van der Waals surface area contributed by atoms with Crippen molar-refractivity contribution in [2.45, 2.75) is 59.4 Å². The highest BCUT2D eigenvalue weighted by Gasteiger charge is 2.11. The van der Waals surface area contributed by atoms with Gasteiger partial charge in [-0.3, -0.25) is 4.79 Å². The van der Waals surface area contributed by atoms with Crippen molar-refractivity contribution in [3.63, 3.8) is 0 Å². The van der Waals surface area contributed by atoms with Gasteiger partial charge in [-0.2, -0.15) is 0 Å². The number of hydrogen-bond acceptors (Lipinski definition) is 3. The van der Waals surface area contributed by atoms with E-state index in [4.69, 9.17) is 9.72 Å². The number of ether oxygens (including phenoxy) is 1. The molecule has 0 aliphatic rings. The molecule has 0 aliphatic carbocycles. The smallest absolute Gasteiger partial charge is 0.224 e. The van der Waals surface area contributed by atoms with Crippen LogP contribution in [0.4, 0.5) is 0 Å². The van der Waals surface area contributed by atoms with Crippen LogP contribution in [0, 0.1) is 20.8 Å². The highest BCUT2D eigenvalue weighted by molar-refractivity contribution is 5.79. The summed E-state index contributed by atoms with van der Waals surface area (Å²) in [6, 6.07) is 22.6. The monoisotopic (exact) mass is 483 g/mol. The fourth-order valence-electron chi connectivity index (χ4n) is 4.66. The molecule has 36 heavy (non-hydrogen) atoms. The minimum Gasteiger partial charge on any atom is -0.493 e. The second kappa shape index (κ2) is 12.4. The van der Waals surface area contributed by atoms with Gasteiger partial charge < -0.3 is 14.6 Å². The van der Waals surface area contributed by atoms with E-state index in [1.54, 1.807) is 0 Å². The van der Waals surface area contributed by atoms with Crippen molar-refractivity contribution in [1.82, 2.24) is 14.9 Å². The van der Waals surface area contributed by atoms with Crippen LogP contribution < -0.4 is 10.1 Å². The van der Waals surface area contributed by atoms with Gasteiger partial charge in [0.25, 0.3) is 0 Å². The average molecular weight is 484 g/mol. The number of aromatic nitrogens is 2. The molecule has 1 heterocycles. The number of rotatable bonds is 12. The van der Waals surface area contributed by atoms with Crippen LogP contribution in [0.2, 0.25) is 0 Å². The first-order valence-electron chi connectivity index (χ1n) is 13.0. The number of hydrogen-bond donors (Lipinski definition) is 1. The Morgan fingerprint density at radius 3 is 2.39 bits per heavy atom. The number of nitrogens with one attached hydrogen (secondary N) is 1. The molecule has 0 unspecified atom stereocenters. The summed E-state index contributed by atoms with van der Waals surface area (Å²) >= 11 is 0. The van der Waals surface area contributed by atoms with Gasteiger partial charge in [-0.05, 0) is 74.4 Å². The minimum absolute atomic E-state index is 0.0710. The molecule has 0 saturated heterocycles. The van der Waals surface area contributed by atoms with Crippen LogP contribution in [0.25, 0.3) is 11.0 Å². The first-order chi connectivity index (χ1) is 17.5. The highest BCUT2D eigenvalue weighted by atomic mass is 16.5. The third-order valence-corrected chi connectivity index (χ3v) is 6.68. The van der Waals surface area contributed by atoms with Crippen LogP contribution in [-0.4, -0.2) is 28.6 Å². The van der Waals surface area contributed by atoms with Gasteiger partial charge in [-0.25, -0.2) is 4.98 Å². The van der Waals surface area contributed by atoms with Crippen molar-refractivity contribution >= 4 is 16.9 Å². The zero-order valence-electron chi connectivity index (χ0n) is 21.7. The number of fused-ring (bicyclic) bond motifs is 1. The summed E-state index contributed by atoms with van der Waals surface area (Å²) in [5.74, 6) is 2.16. The topological polar surface area (TPSA) is 56.2 Å². The molecule has 188 valence electrons. The van der Waals surface area contributed by atoms with Gasteiger partial charge >= 0.3 is 0 Å². The Morgan fingerprint density at radius 2 is 1.58 bits per heavy atom. The highest BCUT2D eigenvalue weighted by Crippen LogP contribution is 2.23. The molecule has 1 aromatic heterocycles. The molecule has 1 N–H and O–H groups in total. The van der Waals surface area contributed by atoms with E-state index < -0.39 is 0 Å². The van der Waals surface area contributed by atoms with E-state index in [1.807, 2.05) is 37.3 Å². The average Bonchev–Trinajstić information content (AvgIpc) is 3.22. The van der Waals surface area contributed by atoms with Crippen molar-refractivity contribution in [3.8, 4) is 5.75 Å². The molecule has 0 saturated carbocycles. The van der Waals surface area contributed by atoms with Crippen LogP contribution in [0.1, 0.15) is 47.3 Å². The standard InChI is InChI=1S/C31H37N3O2/c1-23-12-4-5-15-26(23)22-30(35)32-19-11-18-29-33-27-16-6-7-17-28(27)34(29)20-8-9-21-36-31-24(2)13-10-14-25(31)3/h4-7,10,12-17H,8-9,11,18-22H2,1-3H3,(H,32,35). The molecule has 3 aromatic carbocycles. The number of carbonyl (C=O) groups excluding carboxylic acids is 1. The Hall–Kier alpha value is -3.60. The van der Waals surface area contributed by atoms with E-state index in [0.29, 0.717) is 19.6 Å². The first-order valence-corrected chi connectivity index (χ1v) is 13.0. The molecule has 5 nitrogen and oxygen atoms in total. The fraction of sp³-hybridized carbons (Fsp3) is 0.355. The van der Waals surface area contributed by atoms with Gasteiger partial charge in [0.1, 0.15) is 11.6 Å². The summed E-state index contributed by atoms with van der Waals surface area (Å²) in [7, 11) is 0. The molecule has 0 radical (unpaired) electrons.